The SMILES string of the molecule is Nn1c(SCC(=O)Nc2ccc(OCc3ccccc3)cc2)nnc1[C@H]1COc2ccccc2O1. The fourth-order valence-corrected chi connectivity index (χ4v) is 4.12. The molecule has 9 nitrogen and oxygen atoms in total. The number of nitrogen functional groups attached to an aromatic ring is 1. The lowest BCUT2D eigenvalue weighted by atomic mass is 10.2. The van der Waals surface area contributed by atoms with Crippen LogP contribution in [0.25, 0.3) is 0 Å². The van der Waals surface area contributed by atoms with E-state index >= 15 is 0 Å². The van der Waals surface area contributed by atoms with Crippen LogP contribution in [0.1, 0.15) is 17.5 Å². The number of para-hydroxylation sites is 2. The summed E-state index contributed by atoms with van der Waals surface area (Å²) in [5.41, 5.74) is 1.76. The first-order valence-corrected chi connectivity index (χ1v) is 11.9. The number of rotatable bonds is 8. The summed E-state index contributed by atoms with van der Waals surface area (Å²) >= 11 is 1.18. The van der Waals surface area contributed by atoms with Crippen molar-refractivity contribution in [3.63, 3.8) is 0 Å². The molecule has 0 unspecified atom stereocenters. The van der Waals surface area contributed by atoms with E-state index in [1.54, 1.807) is 12.1 Å². The molecular weight excluding hydrogens is 466 g/mol. The van der Waals surface area contributed by atoms with Gasteiger partial charge in [-0.3, -0.25) is 4.79 Å². The van der Waals surface area contributed by atoms with Crippen molar-refractivity contribution in [1.29, 1.82) is 0 Å². The molecule has 2 heterocycles. The summed E-state index contributed by atoms with van der Waals surface area (Å²) in [5.74, 6) is 8.54. The topological polar surface area (TPSA) is 114 Å². The number of carbonyl (C=O) groups excluding carboxylic acids is 1. The summed E-state index contributed by atoms with van der Waals surface area (Å²) in [6.07, 6.45) is -0.492. The van der Waals surface area contributed by atoms with E-state index in [4.69, 9.17) is 20.1 Å². The van der Waals surface area contributed by atoms with Crippen molar-refractivity contribution in [3.8, 4) is 17.2 Å². The van der Waals surface area contributed by atoms with Gasteiger partial charge in [-0.2, -0.15) is 0 Å². The van der Waals surface area contributed by atoms with E-state index in [2.05, 4.69) is 15.5 Å². The van der Waals surface area contributed by atoms with Gasteiger partial charge in [0.1, 0.15) is 19.0 Å². The summed E-state index contributed by atoms with van der Waals surface area (Å²) in [4.78, 5) is 12.4. The van der Waals surface area contributed by atoms with Crippen LogP contribution < -0.4 is 25.4 Å². The number of ether oxygens (including phenoxy) is 3. The van der Waals surface area contributed by atoms with Gasteiger partial charge in [0.15, 0.2) is 23.4 Å². The zero-order valence-corrected chi connectivity index (χ0v) is 19.5. The molecule has 35 heavy (non-hydrogen) atoms. The first-order chi connectivity index (χ1) is 17.2. The number of thioether (sulfide) groups is 1. The van der Waals surface area contributed by atoms with E-state index < -0.39 is 6.10 Å². The molecule has 3 aromatic carbocycles. The van der Waals surface area contributed by atoms with Gasteiger partial charge in [0.2, 0.25) is 11.1 Å². The molecule has 1 amide bonds. The number of nitrogens with two attached hydrogens (primary N) is 1. The number of anilines is 1. The highest BCUT2D eigenvalue weighted by Gasteiger charge is 2.28. The van der Waals surface area contributed by atoms with Crippen molar-refractivity contribution < 1.29 is 19.0 Å². The van der Waals surface area contributed by atoms with Gasteiger partial charge in [-0.1, -0.05) is 54.2 Å². The number of fused-ring (bicyclic) bond motifs is 1. The molecule has 4 aromatic rings. The Morgan fingerprint density at radius 2 is 1.77 bits per heavy atom. The average Bonchev–Trinajstić information content (AvgIpc) is 3.27. The van der Waals surface area contributed by atoms with Crippen LogP contribution in [0.5, 0.6) is 17.2 Å². The summed E-state index contributed by atoms with van der Waals surface area (Å²) in [6.45, 7) is 0.748. The van der Waals surface area contributed by atoms with Crippen molar-refractivity contribution in [2.24, 2.45) is 0 Å². The molecule has 178 valence electrons. The molecule has 10 heteroatoms. The molecule has 5 rings (SSSR count). The van der Waals surface area contributed by atoms with Crippen molar-refractivity contribution in [1.82, 2.24) is 14.9 Å². The van der Waals surface area contributed by atoms with Gasteiger partial charge in [-0.15, -0.1) is 10.2 Å². The minimum absolute atomic E-state index is 0.118. The molecule has 3 N–H and O–H groups in total. The zero-order valence-electron chi connectivity index (χ0n) is 18.7. The van der Waals surface area contributed by atoms with Gasteiger partial charge in [0.25, 0.3) is 0 Å². The molecule has 0 saturated heterocycles. The van der Waals surface area contributed by atoms with Crippen molar-refractivity contribution in [2.45, 2.75) is 17.9 Å². The second-order valence-corrected chi connectivity index (χ2v) is 8.65. The number of hydrogen-bond acceptors (Lipinski definition) is 8. The second kappa shape index (κ2) is 10.4. The molecule has 0 saturated carbocycles. The van der Waals surface area contributed by atoms with Crippen molar-refractivity contribution in [3.05, 3.63) is 90.3 Å². The highest BCUT2D eigenvalue weighted by molar-refractivity contribution is 7.99. The van der Waals surface area contributed by atoms with Gasteiger partial charge >= 0.3 is 0 Å². The van der Waals surface area contributed by atoms with Crippen molar-refractivity contribution in [2.75, 3.05) is 23.5 Å². The minimum Gasteiger partial charge on any atom is -0.489 e. The Balaban J connectivity index is 1.12. The van der Waals surface area contributed by atoms with E-state index in [9.17, 15) is 4.79 Å². The largest absolute Gasteiger partial charge is 0.489 e. The van der Waals surface area contributed by atoms with E-state index in [-0.39, 0.29) is 18.3 Å². The first kappa shape index (κ1) is 22.6. The quantitative estimate of drug-likeness (QED) is 0.284. The lowest BCUT2D eigenvalue weighted by Gasteiger charge is -2.25. The van der Waals surface area contributed by atoms with Crippen LogP contribution in [-0.4, -0.2) is 33.1 Å². The molecule has 0 bridgehead atoms. The van der Waals surface area contributed by atoms with Crippen LogP contribution in [0.3, 0.4) is 0 Å². The average molecular weight is 490 g/mol. The second-order valence-electron chi connectivity index (χ2n) is 7.71. The predicted octanol–water partition coefficient (Wildman–Crippen LogP) is 3.81. The number of hydrogen-bond donors (Lipinski definition) is 2. The van der Waals surface area contributed by atoms with Gasteiger partial charge < -0.3 is 25.4 Å². The zero-order chi connectivity index (χ0) is 24.0. The van der Waals surface area contributed by atoms with Crippen LogP contribution in [0.4, 0.5) is 5.69 Å². The normalized spacial score (nSPS) is 14.3. The summed E-state index contributed by atoms with van der Waals surface area (Å²) < 4.78 is 18.8. The molecule has 0 spiro atoms. The first-order valence-electron chi connectivity index (χ1n) is 10.9. The molecule has 1 atom stereocenters. The van der Waals surface area contributed by atoms with Gasteiger partial charge in [0.05, 0.1) is 5.75 Å². The molecule has 0 aliphatic carbocycles. The monoisotopic (exact) mass is 489 g/mol. The van der Waals surface area contributed by atoms with Crippen molar-refractivity contribution >= 4 is 23.4 Å². The maximum absolute atomic E-state index is 12.4. The number of carbonyl (C=O) groups is 1. The number of aromatic nitrogens is 3. The molecule has 0 radical (unpaired) electrons. The third kappa shape index (κ3) is 5.49. The fraction of sp³-hybridized carbons (Fsp3) is 0.160. The van der Waals surface area contributed by atoms with Crippen LogP contribution in [0, 0.1) is 0 Å². The standard InChI is InChI=1S/C25H23N5O4S/c26-30-24(22-15-33-20-8-4-5-9-21(20)34-22)28-29-25(30)35-16-23(31)27-18-10-12-19(13-11-18)32-14-17-6-2-1-3-7-17/h1-13,22H,14-16,26H2,(H,27,31)/t22-/m1/s1. The fourth-order valence-electron chi connectivity index (χ4n) is 3.46. The molecule has 0 fully saturated rings. The third-order valence-electron chi connectivity index (χ3n) is 5.21. The Bertz CT molecular complexity index is 1300. The highest BCUT2D eigenvalue weighted by atomic mass is 32.2. The summed E-state index contributed by atoms with van der Waals surface area (Å²) in [5, 5.41) is 11.5. The molecule has 1 aromatic heterocycles. The lowest BCUT2D eigenvalue weighted by Crippen LogP contribution is -2.27. The molecule has 1 aliphatic rings. The molecule has 1 aliphatic heterocycles. The van der Waals surface area contributed by atoms with Crippen LogP contribution in [0.15, 0.2) is 84.0 Å². The number of nitrogens with one attached hydrogen (secondary N) is 1. The number of amides is 1. The smallest absolute Gasteiger partial charge is 0.234 e. The number of benzene rings is 3. The van der Waals surface area contributed by atoms with Gasteiger partial charge in [-0.25, -0.2) is 4.68 Å². The maximum Gasteiger partial charge on any atom is 0.234 e. The van der Waals surface area contributed by atoms with E-state index in [0.29, 0.717) is 34.8 Å². The maximum atomic E-state index is 12.4. The number of nitrogens with zero attached hydrogens (tertiary/aromatic N) is 3. The van der Waals surface area contributed by atoms with Crippen LogP contribution in [0.2, 0.25) is 0 Å². The van der Waals surface area contributed by atoms with Crippen LogP contribution in [-0.2, 0) is 11.4 Å². The predicted molar refractivity (Wildman–Crippen MR) is 132 cm³/mol. The van der Waals surface area contributed by atoms with E-state index in [1.165, 1.54) is 16.4 Å². The highest BCUT2D eigenvalue weighted by Crippen LogP contribution is 2.35. The van der Waals surface area contributed by atoms with E-state index in [1.807, 2.05) is 66.7 Å². The minimum atomic E-state index is -0.492. The Morgan fingerprint density at radius 3 is 2.57 bits per heavy atom. The Labute approximate surface area is 206 Å². The lowest BCUT2D eigenvalue weighted by molar-refractivity contribution is -0.113. The summed E-state index contributed by atoms with van der Waals surface area (Å²) in [6, 6.07) is 24.6. The molecular formula is C25H23N5O4S. The Kier molecular flexibility index (Phi) is 6.71. The third-order valence-corrected chi connectivity index (χ3v) is 6.15. The summed E-state index contributed by atoms with van der Waals surface area (Å²) in [7, 11) is 0. The van der Waals surface area contributed by atoms with Gasteiger partial charge in [-0.05, 0) is 42.0 Å². The Morgan fingerprint density at radius 1 is 1.03 bits per heavy atom. The van der Waals surface area contributed by atoms with E-state index in [0.717, 1.165) is 11.3 Å². The van der Waals surface area contributed by atoms with Gasteiger partial charge in [0, 0.05) is 5.69 Å². The Hall–Kier alpha value is -4.18. The van der Waals surface area contributed by atoms with Crippen LogP contribution >= 0.6 is 11.8 Å².